The normalized spacial score (nSPS) is 11.3. The minimum absolute atomic E-state index is 0.511. The Labute approximate surface area is 110 Å². The molecule has 3 rings (SSSR count). The minimum Gasteiger partial charge on any atom is -0.325 e. The summed E-state index contributed by atoms with van der Waals surface area (Å²) in [5, 5.41) is 7.97. The molecule has 18 heavy (non-hydrogen) atoms. The molecule has 3 nitrogen and oxygen atoms in total. The Morgan fingerprint density at radius 2 is 2.11 bits per heavy atom. The molecule has 2 N–H and O–H groups in total. The lowest BCUT2D eigenvalue weighted by molar-refractivity contribution is 0.706. The summed E-state index contributed by atoms with van der Waals surface area (Å²) in [5.41, 5.74) is 10.4. The van der Waals surface area contributed by atoms with E-state index in [9.17, 15) is 0 Å². The van der Waals surface area contributed by atoms with Crippen LogP contribution < -0.4 is 5.73 Å². The lowest BCUT2D eigenvalue weighted by atomic mass is 10.0. The van der Waals surface area contributed by atoms with E-state index in [1.54, 1.807) is 11.3 Å². The van der Waals surface area contributed by atoms with E-state index in [-0.39, 0.29) is 0 Å². The molecule has 0 aliphatic heterocycles. The van der Waals surface area contributed by atoms with Crippen molar-refractivity contribution >= 4 is 21.4 Å². The molecular weight excluding hydrogens is 242 g/mol. The lowest BCUT2D eigenvalue weighted by Crippen LogP contribution is -2.05. The van der Waals surface area contributed by atoms with Gasteiger partial charge in [-0.25, -0.2) is 0 Å². The highest BCUT2D eigenvalue weighted by atomic mass is 32.1. The summed E-state index contributed by atoms with van der Waals surface area (Å²) < 4.78 is 3.19. The maximum absolute atomic E-state index is 5.86. The van der Waals surface area contributed by atoms with Gasteiger partial charge in [0.25, 0.3) is 0 Å². The highest BCUT2D eigenvalue weighted by Crippen LogP contribution is 2.36. The molecular formula is C14H15N3S. The summed E-state index contributed by atoms with van der Waals surface area (Å²) in [4.78, 5) is 0. The van der Waals surface area contributed by atoms with Gasteiger partial charge in [-0.1, -0.05) is 18.2 Å². The number of hydrogen-bond donors (Lipinski definition) is 1. The quantitative estimate of drug-likeness (QED) is 0.766. The Hall–Kier alpha value is -1.65. The molecule has 0 aliphatic carbocycles. The largest absolute Gasteiger partial charge is 0.325 e. The summed E-state index contributed by atoms with van der Waals surface area (Å²) in [6.07, 6.45) is 0. The summed E-state index contributed by atoms with van der Waals surface area (Å²) in [6.45, 7) is 2.55. The van der Waals surface area contributed by atoms with Crippen LogP contribution in [0.5, 0.6) is 0 Å². The zero-order valence-electron chi connectivity index (χ0n) is 10.5. The van der Waals surface area contributed by atoms with E-state index in [0.29, 0.717) is 6.54 Å². The Balaban J connectivity index is 2.33. The fourth-order valence-electron chi connectivity index (χ4n) is 2.46. The molecule has 0 amide bonds. The number of rotatable bonds is 2. The third-order valence-electron chi connectivity index (χ3n) is 3.28. The maximum Gasteiger partial charge on any atom is 0.0675 e. The minimum atomic E-state index is 0.511. The standard InChI is InChI=1S/C14H15N3S/c1-9-14(12(7-15)17(2)16-9)11-8-18-13-6-4-3-5-10(11)13/h3-6,8H,7,15H2,1-2H3. The summed E-state index contributed by atoms with van der Waals surface area (Å²) >= 11 is 1.77. The van der Waals surface area contributed by atoms with Crippen LogP contribution in [0.15, 0.2) is 29.6 Å². The third kappa shape index (κ3) is 1.57. The molecule has 1 aromatic carbocycles. The van der Waals surface area contributed by atoms with Crippen molar-refractivity contribution in [1.82, 2.24) is 9.78 Å². The molecule has 2 aromatic heterocycles. The van der Waals surface area contributed by atoms with Crippen LogP contribution in [-0.2, 0) is 13.6 Å². The van der Waals surface area contributed by atoms with Gasteiger partial charge in [0.15, 0.2) is 0 Å². The zero-order valence-corrected chi connectivity index (χ0v) is 11.3. The maximum atomic E-state index is 5.86. The topological polar surface area (TPSA) is 43.8 Å². The highest BCUT2D eigenvalue weighted by Gasteiger charge is 2.16. The van der Waals surface area contributed by atoms with Crippen LogP contribution >= 0.6 is 11.3 Å². The van der Waals surface area contributed by atoms with Crippen molar-refractivity contribution in [2.75, 3.05) is 0 Å². The molecule has 0 saturated heterocycles. The molecule has 0 bridgehead atoms. The second-order valence-electron chi connectivity index (χ2n) is 4.38. The Morgan fingerprint density at radius 1 is 1.33 bits per heavy atom. The SMILES string of the molecule is Cc1nn(C)c(CN)c1-c1csc2ccccc12. The third-order valence-corrected chi connectivity index (χ3v) is 4.25. The zero-order chi connectivity index (χ0) is 12.7. The summed E-state index contributed by atoms with van der Waals surface area (Å²) in [6, 6.07) is 8.46. The second kappa shape index (κ2) is 4.23. The van der Waals surface area contributed by atoms with Crippen molar-refractivity contribution in [3.63, 3.8) is 0 Å². The number of fused-ring (bicyclic) bond motifs is 1. The van der Waals surface area contributed by atoms with Gasteiger partial charge in [0.2, 0.25) is 0 Å². The van der Waals surface area contributed by atoms with Gasteiger partial charge in [-0.15, -0.1) is 11.3 Å². The van der Waals surface area contributed by atoms with Crippen LogP contribution in [0.4, 0.5) is 0 Å². The summed E-state index contributed by atoms with van der Waals surface area (Å²) in [5.74, 6) is 0. The van der Waals surface area contributed by atoms with E-state index in [0.717, 1.165) is 11.4 Å². The first kappa shape index (κ1) is 11.4. The Kier molecular flexibility index (Phi) is 2.69. The van der Waals surface area contributed by atoms with Gasteiger partial charge < -0.3 is 5.73 Å². The van der Waals surface area contributed by atoms with Gasteiger partial charge in [0.05, 0.1) is 11.4 Å². The van der Waals surface area contributed by atoms with E-state index in [4.69, 9.17) is 5.73 Å². The molecule has 2 heterocycles. The lowest BCUT2D eigenvalue weighted by Gasteiger charge is -2.03. The monoisotopic (exact) mass is 257 g/mol. The van der Waals surface area contributed by atoms with Crippen LogP contribution in [0, 0.1) is 6.92 Å². The second-order valence-corrected chi connectivity index (χ2v) is 5.29. The Morgan fingerprint density at radius 3 is 2.89 bits per heavy atom. The molecule has 0 saturated carbocycles. The fraction of sp³-hybridized carbons (Fsp3) is 0.214. The molecule has 0 fully saturated rings. The smallest absolute Gasteiger partial charge is 0.0675 e. The molecule has 0 unspecified atom stereocenters. The van der Waals surface area contributed by atoms with Crippen LogP contribution in [0.25, 0.3) is 21.2 Å². The molecule has 0 spiro atoms. The molecule has 0 radical (unpaired) electrons. The predicted molar refractivity (Wildman–Crippen MR) is 76.7 cm³/mol. The van der Waals surface area contributed by atoms with Crippen LogP contribution in [0.3, 0.4) is 0 Å². The van der Waals surface area contributed by atoms with E-state index in [1.165, 1.54) is 21.2 Å². The number of hydrogen-bond acceptors (Lipinski definition) is 3. The van der Waals surface area contributed by atoms with E-state index < -0.39 is 0 Å². The predicted octanol–water partition coefficient (Wildman–Crippen LogP) is 3.07. The molecule has 92 valence electrons. The average molecular weight is 257 g/mol. The van der Waals surface area contributed by atoms with E-state index >= 15 is 0 Å². The average Bonchev–Trinajstić information content (AvgIpc) is 2.89. The highest BCUT2D eigenvalue weighted by molar-refractivity contribution is 7.17. The van der Waals surface area contributed by atoms with Crippen molar-refractivity contribution in [2.45, 2.75) is 13.5 Å². The van der Waals surface area contributed by atoms with Gasteiger partial charge in [-0.3, -0.25) is 4.68 Å². The van der Waals surface area contributed by atoms with Gasteiger partial charge in [-0.05, 0) is 18.4 Å². The van der Waals surface area contributed by atoms with Gasteiger partial charge >= 0.3 is 0 Å². The van der Waals surface area contributed by atoms with E-state index in [1.807, 2.05) is 18.7 Å². The van der Waals surface area contributed by atoms with Crippen LogP contribution in [0.2, 0.25) is 0 Å². The molecule has 0 atom stereocenters. The molecule has 0 aliphatic rings. The van der Waals surface area contributed by atoms with E-state index in [2.05, 4.69) is 34.7 Å². The van der Waals surface area contributed by atoms with Crippen molar-refractivity contribution < 1.29 is 0 Å². The van der Waals surface area contributed by atoms with Crippen LogP contribution in [-0.4, -0.2) is 9.78 Å². The van der Waals surface area contributed by atoms with Gasteiger partial charge in [0.1, 0.15) is 0 Å². The Bertz CT molecular complexity index is 709. The first-order chi connectivity index (χ1) is 8.72. The van der Waals surface area contributed by atoms with Gasteiger partial charge in [-0.2, -0.15) is 5.10 Å². The van der Waals surface area contributed by atoms with Crippen LogP contribution in [0.1, 0.15) is 11.4 Å². The van der Waals surface area contributed by atoms with Crippen molar-refractivity contribution in [3.8, 4) is 11.1 Å². The van der Waals surface area contributed by atoms with Crippen molar-refractivity contribution in [2.24, 2.45) is 12.8 Å². The number of aromatic nitrogens is 2. The number of benzene rings is 1. The molecule has 4 heteroatoms. The molecule has 3 aromatic rings. The summed E-state index contributed by atoms with van der Waals surface area (Å²) in [7, 11) is 1.95. The first-order valence-electron chi connectivity index (χ1n) is 5.91. The van der Waals surface area contributed by atoms with Crippen molar-refractivity contribution in [1.29, 1.82) is 0 Å². The number of thiophene rings is 1. The first-order valence-corrected chi connectivity index (χ1v) is 6.79. The fourth-order valence-corrected chi connectivity index (χ4v) is 3.41. The number of nitrogens with zero attached hydrogens (tertiary/aromatic N) is 2. The van der Waals surface area contributed by atoms with Gasteiger partial charge in [0, 0.05) is 34.8 Å². The number of aryl methyl sites for hydroxylation is 2. The van der Waals surface area contributed by atoms with Crippen molar-refractivity contribution in [3.05, 3.63) is 41.0 Å². The number of nitrogens with two attached hydrogens (primary N) is 1.